The van der Waals surface area contributed by atoms with Crippen molar-refractivity contribution in [2.45, 2.75) is 26.4 Å². The van der Waals surface area contributed by atoms with E-state index in [-0.39, 0.29) is 35.2 Å². The van der Waals surface area contributed by atoms with Crippen molar-refractivity contribution in [2.24, 2.45) is 5.10 Å². The van der Waals surface area contributed by atoms with E-state index in [1.54, 1.807) is 50.2 Å². The van der Waals surface area contributed by atoms with Crippen LogP contribution in [0.4, 0.5) is 5.69 Å². The molecule has 0 radical (unpaired) electrons. The number of hydrazone groups is 1. The van der Waals surface area contributed by atoms with Crippen molar-refractivity contribution in [2.75, 3.05) is 11.6 Å². The van der Waals surface area contributed by atoms with Crippen LogP contribution >= 0.6 is 0 Å². The fraction of sp³-hybridized carbons (Fsp3) is 0.185. The van der Waals surface area contributed by atoms with E-state index in [1.165, 1.54) is 27.9 Å². The van der Waals surface area contributed by atoms with E-state index in [0.717, 1.165) is 0 Å². The minimum Gasteiger partial charge on any atom is -0.493 e. The van der Waals surface area contributed by atoms with Gasteiger partial charge in [-0.05, 0) is 50.3 Å². The quantitative estimate of drug-likeness (QED) is 0.387. The number of allylic oxidation sites excluding steroid dienone is 2. The first kappa shape index (κ1) is 24.2. The summed E-state index contributed by atoms with van der Waals surface area (Å²) in [5.41, 5.74) is 1.82. The minimum atomic E-state index is -0.781. The number of anilines is 1. The lowest BCUT2D eigenvalue weighted by Crippen LogP contribution is -2.44. The summed E-state index contributed by atoms with van der Waals surface area (Å²) in [5, 5.41) is 20.9. The van der Waals surface area contributed by atoms with Crippen molar-refractivity contribution >= 4 is 29.4 Å². The molecule has 1 amide bonds. The number of ether oxygens (including phenoxy) is 3. The van der Waals surface area contributed by atoms with Gasteiger partial charge in [0, 0.05) is 0 Å². The molecular weight excluding hydrogens is 476 g/mol. The number of benzene rings is 2. The van der Waals surface area contributed by atoms with E-state index in [9.17, 15) is 14.7 Å². The van der Waals surface area contributed by atoms with Crippen LogP contribution in [0.25, 0.3) is 11.8 Å². The van der Waals surface area contributed by atoms with Gasteiger partial charge in [-0.15, -0.1) is 0 Å². The first-order valence-electron chi connectivity index (χ1n) is 11.7. The summed E-state index contributed by atoms with van der Waals surface area (Å²) in [7, 11) is 0. The van der Waals surface area contributed by atoms with Crippen molar-refractivity contribution < 1.29 is 28.9 Å². The summed E-state index contributed by atoms with van der Waals surface area (Å²) in [5.74, 6) is -1.30. The average molecular weight is 501 g/mol. The van der Waals surface area contributed by atoms with Gasteiger partial charge in [-0.2, -0.15) is 19.9 Å². The number of aromatic nitrogens is 2. The lowest BCUT2D eigenvalue weighted by Gasteiger charge is -2.33. The van der Waals surface area contributed by atoms with Crippen LogP contribution in [0.3, 0.4) is 0 Å². The third-order valence-corrected chi connectivity index (χ3v) is 5.65. The molecule has 5 rings (SSSR count). The molecule has 0 bridgehead atoms. The molecule has 3 heterocycles. The van der Waals surface area contributed by atoms with Gasteiger partial charge in [-0.3, -0.25) is 4.79 Å². The Morgan fingerprint density at radius 2 is 1.73 bits per heavy atom. The van der Waals surface area contributed by atoms with E-state index in [1.807, 2.05) is 24.3 Å². The van der Waals surface area contributed by atoms with Crippen LogP contribution in [-0.2, 0) is 19.0 Å². The highest BCUT2D eigenvalue weighted by atomic mass is 16.9. The van der Waals surface area contributed by atoms with Gasteiger partial charge >= 0.3 is 5.97 Å². The normalized spacial score (nSPS) is 20.4. The van der Waals surface area contributed by atoms with Crippen LogP contribution in [0, 0.1) is 0 Å². The smallest absolute Gasteiger partial charge is 0.359 e. The topological polar surface area (TPSA) is 115 Å². The summed E-state index contributed by atoms with van der Waals surface area (Å²) in [6.45, 7) is 3.58. The average Bonchev–Trinajstić information content (AvgIpc) is 3.40. The summed E-state index contributed by atoms with van der Waals surface area (Å²) < 4.78 is 17.6. The predicted molar refractivity (Wildman–Crippen MR) is 135 cm³/mol. The highest BCUT2D eigenvalue weighted by Gasteiger charge is 2.41. The number of aromatic hydroxyl groups is 1. The molecule has 3 aromatic rings. The Hall–Kier alpha value is -4.54. The number of carbonyl (C=O) groups is 2. The zero-order chi connectivity index (χ0) is 25.9. The van der Waals surface area contributed by atoms with Crippen molar-refractivity contribution in [1.29, 1.82) is 0 Å². The van der Waals surface area contributed by atoms with Crippen molar-refractivity contribution in [3.8, 4) is 11.6 Å². The van der Waals surface area contributed by atoms with Crippen LogP contribution < -0.4 is 5.01 Å². The fourth-order valence-electron chi connectivity index (χ4n) is 3.91. The Morgan fingerprint density at radius 3 is 2.35 bits per heavy atom. The number of para-hydroxylation sites is 2. The molecule has 10 nitrogen and oxygen atoms in total. The van der Waals surface area contributed by atoms with E-state index in [4.69, 9.17) is 14.2 Å². The molecular formula is C27H24N4O6. The maximum atomic E-state index is 13.3. The van der Waals surface area contributed by atoms with Crippen LogP contribution in [0.1, 0.15) is 29.9 Å². The Balaban J connectivity index is 1.50. The number of carbonyl (C=O) groups excluding carboxylic acids is 2. The highest BCUT2D eigenvalue weighted by Crippen LogP contribution is 2.31. The molecule has 10 heteroatoms. The Kier molecular flexibility index (Phi) is 6.67. The van der Waals surface area contributed by atoms with Gasteiger partial charge in [0.2, 0.25) is 12.2 Å². The van der Waals surface area contributed by atoms with E-state index < -0.39 is 18.5 Å². The number of amides is 1. The Morgan fingerprint density at radius 1 is 1.08 bits per heavy atom. The summed E-state index contributed by atoms with van der Waals surface area (Å²) in [4.78, 5) is 25.8. The number of esters is 1. The second kappa shape index (κ2) is 10.2. The van der Waals surface area contributed by atoms with Gasteiger partial charge in [0.15, 0.2) is 12.0 Å². The molecule has 188 valence electrons. The van der Waals surface area contributed by atoms with Crippen LogP contribution in [0.2, 0.25) is 0 Å². The molecule has 1 aromatic heterocycles. The van der Waals surface area contributed by atoms with Crippen molar-refractivity contribution in [3.63, 3.8) is 0 Å². The molecule has 0 unspecified atom stereocenters. The second-order valence-electron chi connectivity index (χ2n) is 8.10. The van der Waals surface area contributed by atoms with Crippen LogP contribution in [0.5, 0.6) is 5.88 Å². The fourth-order valence-corrected chi connectivity index (χ4v) is 3.91. The van der Waals surface area contributed by atoms with Gasteiger partial charge in [0.25, 0.3) is 5.91 Å². The molecule has 2 aromatic carbocycles. The summed E-state index contributed by atoms with van der Waals surface area (Å²) in [6, 6.07) is 17.9. The van der Waals surface area contributed by atoms with Crippen molar-refractivity contribution in [3.05, 3.63) is 89.6 Å². The van der Waals surface area contributed by atoms with Crippen LogP contribution in [-0.4, -0.2) is 51.7 Å². The predicted octanol–water partition coefficient (Wildman–Crippen LogP) is 3.82. The summed E-state index contributed by atoms with van der Waals surface area (Å²) in [6.07, 6.45) is 3.37. The zero-order valence-corrected chi connectivity index (χ0v) is 20.1. The number of rotatable bonds is 7. The van der Waals surface area contributed by atoms with Crippen molar-refractivity contribution in [1.82, 2.24) is 9.78 Å². The minimum absolute atomic E-state index is 0.0603. The lowest BCUT2D eigenvalue weighted by molar-refractivity contribution is -0.344. The summed E-state index contributed by atoms with van der Waals surface area (Å²) >= 11 is 0. The van der Waals surface area contributed by atoms with Gasteiger partial charge in [-0.1, -0.05) is 42.5 Å². The number of hydrogen-bond donors (Lipinski definition) is 1. The van der Waals surface area contributed by atoms with Gasteiger partial charge in [0.05, 0.1) is 29.1 Å². The number of hydrogen-bond acceptors (Lipinski definition) is 8. The molecule has 0 aliphatic carbocycles. The largest absolute Gasteiger partial charge is 0.493 e. The zero-order valence-electron chi connectivity index (χ0n) is 20.1. The van der Waals surface area contributed by atoms with E-state index in [0.29, 0.717) is 17.1 Å². The first-order valence-corrected chi connectivity index (χ1v) is 11.7. The maximum Gasteiger partial charge on any atom is 0.359 e. The third kappa shape index (κ3) is 4.67. The molecule has 0 atom stereocenters. The first-order chi connectivity index (χ1) is 18.0. The number of nitrogens with zero attached hydrogens (tertiary/aromatic N) is 4. The molecule has 0 saturated carbocycles. The molecule has 0 spiro atoms. The van der Waals surface area contributed by atoms with E-state index in [2.05, 4.69) is 10.2 Å². The molecule has 1 fully saturated rings. The van der Waals surface area contributed by atoms with Crippen LogP contribution in [0.15, 0.2) is 83.5 Å². The Bertz CT molecular complexity index is 1410. The Labute approximate surface area is 212 Å². The molecule has 2 aliphatic heterocycles. The SMILES string of the molecule is CCOC(=O)c1nn(-c2ccccc2)c(O)c1/C=C/C=C1\C(=O)N(c2ccccc2)N=C1C1OC(C)O1. The van der Waals surface area contributed by atoms with Gasteiger partial charge in [0.1, 0.15) is 5.71 Å². The van der Waals surface area contributed by atoms with Gasteiger partial charge in [-0.25, -0.2) is 4.79 Å². The molecule has 2 aliphatic rings. The molecule has 37 heavy (non-hydrogen) atoms. The lowest BCUT2D eigenvalue weighted by atomic mass is 10.1. The third-order valence-electron chi connectivity index (χ3n) is 5.65. The second-order valence-corrected chi connectivity index (χ2v) is 8.10. The monoisotopic (exact) mass is 500 g/mol. The van der Waals surface area contributed by atoms with Gasteiger partial charge < -0.3 is 19.3 Å². The molecule has 1 N–H and O–H groups in total. The maximum absolute atomic E-state index is 13.3. The standard InChI is InChI=1S/C27H24N4O6/c1-3-35-26(34)22-20(24(32)30(28-22)18-11-6-4-7-12-18)15-10-16-21-23(27-36-17(2)37-27)29-31(25(21)33)19-13-8-5-9-14-19/h4-17,27,32H,3H2,1-2H3/b15-10+,21-16-. The molecule has 1 saturated heterocycles. The highest BCUT2D eigenvalue weighted by molar-refractivity contribution is 6.31. The van der Waals surface area contributed by atoms with E-state index >= 15 is 0 Å².